The fraction of sp³-hybridized carbons (Fsp3) is 0.545. The highest BCUT2D eigenvalue weighted by molar-refractivity contribution is 7.91. The standard InChI is InChI=1S/C22H30F3N3O5S3/c1-4-16(2)35(30,31)26-14-19-15-27(36(32,33)20-6-5-13-34-20)11-12-28(19)18-9-7-17(8-10-18)21(3,29)22(23,24)25/h5-10,13,16,19,26,29H,4,11-12,14-15H2,1-3H3/t16?,19-,21?/m0/s1. The molecule has 36 heavy (non-hydrogen) atoms. The number of anilines is 1. The second-order valence-corrected chi connectivity index (χ2v) is 14.2. The van der Waals surface area contributed by atoms with Gasteiger partial charge in [0, 0.05) is 31.9 Å². The molecule has 1 aromatic carbocycles. The topological polar surface area (TPSA) is 107 Å². The van der Waals surface area contributed by atoms with Gasteiger partial charge in [0.1, 0.15) is 4.21 Å². The summed E-state index contributed by atoms with van der Waals surface area (Å²) in [6.07, 6.45) is -4.48. The van der Waals surface area contributed by atoms with E-state index in [9.17, 15) is 35.1 Å². The van der Waals surface area contributed by atoms with Gasteiger partial charge in [-0.2, -0.15) is 17.5 Å². The first-order valence-electron chi connectivity index (χ1n) is 11.3. The minimum absolute atomic E-state index is 0.0225. The monoisotopic (exact) mass is 569 g/mol. The van der Waals surface area contributed by atoms with E-state index in [1.807, 2.05) is 0 Å². The van der Waals surface area contributed by atoms with E-state index in [4.69, 9.17) is 0 Å². The molecule has 2 unspecified atom stereocenters. The molecule has 3 rings (SSSR count). The SMILES string of the molecule is CCC(C)S(=O)(=O)NC[C@H]1CN(S(=O)(=O)c2cccs2)CCN1c1ccc(C(C)(O)C(F)(F)F)cc1. The van der Waals surface area contributed by atoms with Gasteiger partial charge in [-0.1, -0.05) is 25.1 Å². The summed E-state index contributed by atoms with van der Waals surface area (Å²) in [5, 5.41) is 11.0. The first-order valence-corrected chi connectivity index (χ1v) is 15.2. The van der Waals surface area contributed by atoms with Gasteiger partial charge < -0.3 is 10.0 Å². The highest BCUT2D eigenvalue weighted by Gasteiger charge is 2.51. The minimum Gasteiger partial charge on any atom is -0.376 e. The van der Waals surface area contributed by atoms with E-state index >= 15 is 0 Å². The quantitative estimate of drug-likeness (QED) is 0.481. The molecular formula is C22H30F3N3O5S3. The van der Waals surface area contributed by atoms with Crippen molar-refractivity contribution in [3.63, 3.8) is 0 Å². The number of rotatable bonds is 9. The van der Waals surface area contributed by atoms with Gasteiger partial charge in [0.2, 0.25) is 10.0 Å². The first kappa shape index (κ1) is 28.9. The largest absolute Gasteiger partial charge is 0.421 e. The van der Waals surface area contributed by atoms with Crippen LogP contribution >= 0.6 is 11.3 Å². The molecule has 3 atom stereocenters. The number of aliphatic hydroxyl groups is 1. The van der Waals surface area contributed by atoms with Gasteiger partial charge in [-0.25, -0.2) is 21.6 Å². The van der Waals surface area contributed by atoms with Crippen LogP contribution in [0.15, 0.2) is 46.0 Å². The molecule has 0 radical (unpaired) electrons. The lowest BCUT2D eigenvalue weighted by Crippen LogP contribution is -2.58. The van der Waals surface area contributed by atoms with Crippen LogP contribution in [0.1, 0.15) is 32.8 Å². The Morgan fingerprint density at radius 3 is 2.31 bits per heavy atom. The first-order chi connectivity index (χ1) is 16.6. The van der Waals surface area contributed by atoms with Gasteiger partial charge >= 0.3 is 6.18 Å². The molecule has 0 spiro atoms. The molecule has 1 aliphatic heterocycles. The second kappa shape index (κ2) is 10.6. The average Bonchev–Trinajstić information content (AvgIpc) is 3.37. The number of hydrogen-bond donors (Lipinski definition) is 2. The summed E-state index contributed by atoms with van der Waals surface area (Å²) >= 11 is 1.08. The van der Waals surface area contributed by atoms with Gasteiger partial charge in [-0.3, -0.25) is 0 Å². The minimum atomic E-state index is -4.87. The Kier molecular flexibility index (Phi) is 8.48. The highest BCUT2D eigenvalue weighted by atomic mass is 32.2. The predicted octanol–water partition coefficient (Wildman–Crippen LogP) is 3.12. The molecular weight excluding hydrogens is 539 g/mol. The molecule has 1 saturated heterocycles. The van der Waals surface area contributed by atoms with E-state index < -0.39 is 43.1 Å². The third-order valence-corrected chi connectivity index (χ3v) is 11.7. The van der Waals surface area contributed by atoms with E-state index in [0.717, 1.165) is 23.5 Å². The number of sulfonamides is 2. The summed E-state index contributed by atoms with van der Waals surface area (Å²) in [5.74, 6) is 0. The number of nitrogens with zero attached hydrogens (tertiary/aromatic N) is 2. The zero-order chi connectivity index (χ0) is 26.9. The van der Waals surface area contributed by atoms with Crippen molar-refractivity contribution in [1.82, 2.24) is 9.03 Å². The number of alkyl halides is 3. The average molecular weight is 570 g/mol. The van der Waals surface area contributed by atoms with E-state index in [-0.39, 0.29) is 36.0 Å². The van der Waals surface area contributed by atoms with Crippen molar-refractivity contribution >= 4 is 37.1 Å². The summed E-state index contributed by atoms with van der Waals surface area (Å²) in [6, 6.07) is 7.66. The molecule has 2 aromatic rings. The van der Waals surface area contributed by atoms with Crippen molar-refractivity contribution < 1.29 is 35.1 Å². The van der Waals surface area contributed by atoms with Crippen LogP contribution in [0.4, 0.5) is 18.9 Å². The summed E-state index contributed by atoms with van der Waals surface area (Å²) in [5.41, 5.74) is -2.89. The number of piperazine rings is 1. The second-order valence-electron chi connectivity index (χ2n) is 8.87. The van der Waals surface area contributed by atoms with Gasteiger partial charge in [0.15, 0.2) is 5.60 Å². The Hall–Kier alpha value is -1.71. The Morgan fingerprint density at radius 1 is 1.14 bits per heavy atom. The zero-order valence-corrected chi connectivity index (χ0v) is 22.5. The Labute approximate surface area is 213 Å². The van der Waals surface area contributed by atoms with E-state index in [1.54, 1.807) is 30.2 Å². The number of benzene rings is 1. The van der Waals surface area contributed by atoms with Crippen LogP contribution in [0.25, 0.3) is 0 Å². The molecule has 1 fully saturated rings. The smallest absolute Gasteiger partial charge is 0.376 e. The van der Waals surface area contributed by atoms with Crippen LogP contribution in [0.2, 0.25) is 0 Å². The molecule has 0 saturated carbocycles. The number of thiophene rings is 1. The third-order valence-electron chi connectivity index (χ3n) is 6.47. The third kappa shape index (κ3) is 5.89. The van der Waals surface area contributed by atoms with Gasteiger partial charge in [0.05, 0.1) is 11.3 Å². The summed E-state index contributed by atoms with van der Waals surface area (Å²) in [7, 11) is -7.44. The molecule has 0 aliphatic carbocycles. The lowest BCUT2D eigenvalue weighted by atomic mass is 9.95. The van der Waals surface area contributed by atoms with Gasteiger partial charge in [0.25, 0.3) is 10.0 Å². The van der Waals surface area contributed by atoms with E-state index in [1.165, 1.54) is 22.5 Å². The summed E-state index contributed by atoms with van der Waals surface area (Å²) in [4.78, 5) is 1.77. The molecule has 8 nitrogen and oxygen atoms in total. The number of hydrogen-bond acceptors (Lipinski definition) is 7. The highest BCUT2D eigenvalue weighted by Crippen LogP contribution is 2.39. The van der Waals surface area contributed by atoms with Gasteiger partial charge in [-0.05, 0) is 49.4 Å². The van der Waals surface area contributed by atoms with Crippen molar-refractivity contribution in [2.75, 3.05) is 31.1 Å². The van der Waals surface area contributed by atoms with Crippen LogP contribution < -0.4 is 9.62 Å². The van der Waals surface area contributed by atoms with Crippen molar-refractivity contribution in [3.8, 4) is 0 Å². The van der Waals surface area contributed by atoms with Crippen molar-refractivity contribution in [1.29, 1.82) is 0 Å². The molecule has 1 aliphatic rings. The van der Waals surface area contributed by atoms with Crippen LogP contribution in [0.5, 0.6) is 0 Å². The maximum Gasteiger partial charge on any atom is 0.421 e. The van der Waals surface area contributed by atoms with Crippen molar-refractivity contribution in [2.24, 2.45) is 0 Å². The van der Waals surface area contributed by atoms with Crippen molar-refractivity contribution in [2.45, 2.75) is 54.5 Å². The molecule has 202 valence electrons. The molecule has 2 heterocycles. The molecule has 14 heteroatoms. The normalized spacial score (nSPS) is 20.8. The van der Waals surface area contributed by atoms with Crippen LogP contribution in [0, 0.1) is 0 Å². The van der Waals surface area contributed by atoms with Crippen LogP contribution in [0.3, 0.4) is 0 Å². The molecule has 0 amide bonds. The van der Waals surface area contributed by atoms with Crippen LogP contribution in [-0.4, -0.2) is 69.9 Å². The molecule has 1 aromatic heterocycles. The molecule has 0 bridgehead atoms. The van der Waals surface area contributed by atoms with E-state index in [0.29, 0.717) is 19.0 Å². The van der Waals surface area contributed by atoms with E-state index in [2.05, 4.69) is 4.72 Å². The fourth-order valence-electron chi connectivity index (χ4n) is 3.81. The summed E-state index contributed by atoms with van der Waals surface area (Å²) < 4.78 is 95.0. The van der Waals surface area contributed by atoms with Crippen molar-refractivity contribution in [3.05, 3.63) is 47.3 Å². The maximum atomic E-state index is 13.2. The number of halogens is 3. The Bertz CT molecular complexity index is 1230. The predicted molar refractivity (Wildman–Crippen MR) is 133 cm³/mol. The molecule has 2 N–H and O–H groups in total. The lowest BCUT2D eigenvalue weighted by molar-refractivity contribution is -0.258. The zero-order valence-electron chi connectivity index (χ0n) is 20.1. The number of nitrogens with one attached hydrogen (secondary N) is 1. The summed E-state index contributed by atoms with van der Waals surface area (Å²) in [6.45, 7) is 4.16. The lowest BCUT2D eigenvalue weighted by Gasteiger charge is -2.42. The fourth-order valence-corrected chi connectivity index (χ4v) is 7.57. The van der Waals surface area contributed by atoms with Crippen LogP contribution in [-0.2, 0) is 25.6 Å². The Balaban J connectivity index is 1.89. The van der Waals surface area contributed by atoms with Gasteiger partial charge in [-0.15, -0.1) is 11.3 Å². The Morgan fingerprint density at radius 2 is 1.78 bits per heavy atom. The maximum absolute atomic E-state index is 13.2.